The van der Waals surface area contributed by atoms with Crippen LogP contribution in [0, 0.1) is 17.6 Å². The Kier molecular flexibility index (Phi) is 11.9. The quantitative estimate of drug-likeness (QED) is 0.331. The average Bonchev–Trinajstić information content (AvgIpc) is 2.80. The minimum Gasteiger partial charge on any atom is -0.390 e. The highest BCUT2D eigenvalue weighted by atomic mass is 32.2. The minimum absolute atomic E-state index is 0.00964. The monoisotopic (exact) mass is 524 g/mol. The highest BCUT2D eigenvalue weighted by Gasteiger charge is 2.23. The number of benzene rings is 2. The minimum atomic E-state index is -3.38. The van der Waals surface area contributed by atoms with Crippen molar-refractivity contribution in [3.8, 4) is 0 Å². The lowest BCUT2D eigenvalue weighted by atomic mass is 10.0. The topological polar surface area (TPSA) is 95.5 Å². The van der Waals surface area contributed by atoms with Crippen molar-refractivity contribution in [2.24, 2.45) is 5.92 Å². The number of carbonyl (C=O) groups excluding carboxylic acids is 1. The summed E-state index contributed by atoms with van der Waals surface area (Å²) in [5, 5.41) is 16.7. The van der Waals surface area contributed by atoms with Crippen LogP contribution in [0.5, 0.6) is 0 Å². The van der Waals surface area contributed by atoms with Crippen molar-refractivity contribution in [1.29, 1.82) is 0 Å². The molecular formula is C27H38F2N2O4S. The first-order chi connectivity index (χ1) is 17.0. The molecule has 0 radical (unpaired) electrons. The molecule has 0 aromatic heterocycles. The molecule has 0 saturated carbocycles. The van der Waals surface area contributed by atoms with Crippen molar-refractivity contribution in [3.05, 3.63) is 70.8 Å². The second-order valence-corrected chi connectivity index (χ2v) is 11.9. The van der Waals surface area contributed by atoms with E-state index in [1.165, 1.54) is 5.56 Å². The summed E-state index contributed by atoms with van der Waals surface area (Å²) in [5.41, 5.74) is 2.51. The summed E-state index contributed by atoms with van der Waals surface area (Å²) in [4.78, 5) is 12.6. The van der Waals surface area contributed by atoms with Crippen molar-refractivity contribution in [2.75, 3.05) is 18.1 Å². The molecule has 0 bridgehead atoms. The van der Waals surface area contributed by atoms with E-state index < -0.39 is 39.5 Å². The Hall–Kier alpha value is -2.36. The van der Waals surface area contributed by atoms with Gasteiger partial charge in [-0.05, 0) is 54.0 Å². The van der Waals surface area contributed by atoms with Crippen molar-refractivity contribution >= 4 is 15.7 Å². The maximum atomic E-state index is 13.7. The molecule has 36 heavy (non-hydrogen) atoms. The Balaban J connectivity index is 2.03. The molecule has 0 aliphatic carbocycles. The third kappa shape index (κ3) is 11.1. The fourth-order valence-corrected chi connectivity index (χ4v) is 5.31. The molecular weight excluding hydrogens is 486 g/mol. The molecule has 6 nitrogen and oxygen atoms in total. The van der Waals surface area contributed by atoms with Crippen LogP contribution in [0.3, 0.4) is 0 Å². The average molecular weight is 525 g/mol. The number of aryl methyl sites for hydroxylation is 1. The second kappa shape index (κ2) is 14.4. The number of sulfone groups is 1. The summed E-state index contributed by atoms with van der Waals surface area (Å²) >= 11 is 0. The highest BCUT2D eigenvalue weighted by molar-refractivity contribution is 7.91. The van der Waals surface area contributed by atoms with E-state index in [0.717, 1.165) is 30.2 Å². The number of carbonyl (C=O) groups is 1. The maximum Gasteiger partial charge on any atom is 0.221 e. The Bertz CT molecular complexity index is 1070. The highest BCUT2D eigenvalue weighted by Crippen LogP contribution is 2.13. The Morgan fingerprint density at radius 3 is 2.31 bits per heavy atom. The number of halogens is 2. The van der Waals surface area contributed by atoms with E-state index in [9.17, 15) is 27.1 Å². The van der Waals surface area contributed by atoms with Crippen LogP contribution in [0.2, 0.25) is 0 Å². The first-order valence-corrected chi connectivity index (χ1v) is 14.2. The lowest BCUT2D eigenvalue weighted by molar-refractivity contribution is -0.122. The predicted octanol–water partition coefficient (Wildman–Crippen LogP) is 3.56. The maximum absolute atomic E-state index is 13.7. The van der Waals surface area contributed by atoms with E-state index in [1.807, 2.05) is 32.0 Å². The van der Waals surface area contributed by atoms with Gasteiger partial charge in [-0.15, -0.1) is 0 Å². The van der Waals surface area contributed by atoms with E-state index in [0.29, 0.717) is 13.0 Å². The van der Waals surface area contributed by atoms with Gasteiger partial charge >= 0.3 is 0 Å². The van der Waals surface area contributed by atoms with Crippen LogP contribution in [0.15, 0.2) is 42.5 Å². The van der Waals surface area contributed by atoms with Gasteiger partial charge in [-0.25, -0.2) is 17.2 Å². The fourth-order valence-electron chi connectivity index (χ4n) is 3.78. The SMILES string of the molecule is CCc1cccc(CNC[C@H](O)[C@H](Cc2cc(F)cc(F)c2)NC(=O)CCS(=O)(=O)CCC(C)C)c1. The van der Waals surface area contributed by atoms with Crippen LogP contribution in [-0.2, 0) is 34.0 Å². The summed E-state index contributed by atoms with van der Waals surface area (Å²) in [6.07, 6.45) is 0.0744. The summed E-state index contributed by atoms with van der Waals surface area (Å²) in [5.74, 6) is -2.11. The molecule has 0 heterocycles. The predicted molar refractivity (Wildman–Crippen MR) is 138 cm³/mol. The lowest BCUT2D eigenvalue weighted by Gasteiger charge is -2.25. The zero-order valence-corrected chi connectivity index (χ0v) is 22.1. The van der Waals surface area contributed by atoms with Crippen molar-refractivity contribution in [1.82, 2.24) is 10.6 Å². The van der Waals surface area contributed by atoms with Crippen LogP contribution in [-0.4, -0.2) is 49.6 Å². The van der Waals surface area contributed by atoms with Gasteiger partial charge in [0.1, 0.15) is 11.6 Å². The van der Waals surface area contributed by atoms with Gasteiger partial charge in [-0.1, -0.05) is 45.0 Å². The number of aliphatic hydroxyl groups is 1. The number of nitrogens with one attached hydrogen (secondary N) is 2. The molecule has 0 unspecified atom stereocenters. The Morgan fingerprint density at radius 2 is 1.67 bits per heavy atom. The molecule has 0 fully saturated rings. The molecule has 9 heteroatoms. The number of amides is 1. The molecule has 2 aromatic carbocycles. The van der Waals surface area contributed by atoms with Crippen molar-refractivity contribution in [2.45, 2.75) is 65.1 Å². The first-order valence-electron chi connectivity index (χ1n) is 12.4. The molecule has 200 valence electrons. The van der Waals surface area contributed by atoms with Gasteiger partial charge in [0.05, 0.1) is 23.7 Å². The van der Waals surface area contributed by atoms with E-state index in [4.69, 9.17) is 0 Å². The fraction of sp³-hybridized carbons (Fsp3) is 0.519. The molecule has 3 N–H and O–H groups in total. The first kappa shape index (κ1) is 29.9. The van der Waals surface area contributed by atoms with Gasteiger partial charge in [-0.2, -0.15) is 0 Å². The van der Waals surface area contributed by atoms with Crippen LogP contribution < -0.4 is 10.6 Å². The molecule has 2 aromatic rings. The molecule has 1 amide bonds. The number of hydrogen-bond acceptors (Lipinski definition) is 5. The van der Waals surface area contributed by atoms with Crippen LogP contribution in [0.4, 0.5) is 8.78 Å². The van der Waals surface area contributed by atoms with Crippen molar-refractivity contribution in [3.63, 3.8) is 0 Å². The molecule has 0 saturated heterocycles. The van der Waals surface area contributed by atoms with Gasteiger partial charge in [0.15, 0.2) is 9.84 Å². The Morgan fingerprint density at radius 1 is 1.00 bits per heavy atom. The lowest BCUT2D eigenvalue weighted by Crippen LogP contribution is -2.49. The number of rotatable bonds is 15. The third-order valence-corrected chi connectivity index (χ3v) is 7.60. The van der Waals surface area contributed by atoms with Crippen molar-refractivity contribution < 1.29 is 27.1 Å². The molecule has 2 rings (SSSR count). The molecule has 0 aliphatic rings. The largest absolute Gasteiger partial charge is 0.390 e. The van der Waals surface area contributed by atoms with E-state index >= 15 is 0 Å². The van der Waals surface area contributed by atoms with E-state index in [2.05, 4.69) is 23.6 Å². The van der Waals surface area contributed by atoms with E-state index in [-0.39, 0.29) is 42.4 Å². The summed E-state index contributed by atoms with van der Waals surface area (Å²) in [6, 6.07) is 10.2. The van der Waals surface area contributed by atoms with Gasteiger partial charge in [0.25, 0.3) is 0 Å². The Labute approximate surface area is 213 Å². The smallest absolute Gasteiger partial charge is 0.221 e. The summed E-state index contributed by atoms with van der Waals surface area (Å²) < 4.78 is 51.9. The van der Waals surface area contributed by atoms with Crippen LogP contribution in [0.25, 0.3) is 0 Å². The van der Waals surface area contributed by atoms with Gasteiger partial charge in [0, 0.05) is 25.6 Å². The molecule has 0 spiro atoms. The van der Waals surface area contributed by atoms with Gasteiger partial charge in [-0.3, -0.25) is 4.79 Å². The third-order valence-electron chi connectivity index (χ3n) is 5.92. The summed E-state index contributed by atoms with van der Waals surface area (Å²) in [6.45, 7) is 6.53. The van der Waals surface area contributed by atoms with E-state index in [1.54, 1.807) is 0 Å². The normalized spacial score (nSPS) is 13.5. The van der Waals surface area contributed by atoms with Crippen LogP contribution in [0.1, 0.15) is 50.3 Å². The van der Waals surface area contributed by atoms with Crippen LogP contribution >= 0.6 is 0 Å². The van der Waals surface area contributed by atoms with Gasteiger partial charge in [0.2, 0.25) is 5.91 Å². The summed E-state index contributed by atoms with van der Waals surface area (Å²) in [7, 11) is -3.38. The zero-order valence-electron chi connectivity index (χ0n) is 21.3. The number of hydrogen-bond donors (Lipinski definition) is 3. The second-order valence-electron chi connectivity index (χ2n) is 9.61. The standard InChI is InChI=1S/C27H38F2N2O4S/c1-4-20-6-5-7-21(12-20)17-30-18-26(32)25(15-22-13-23(28)16-24(29)14-22)31-27(33)9-11-36(34,35)10-8-19(2)3/h5-7,12-14,16,19,25-26,30,32H,4,8-11,15,17-18H2,1-3H3,(H,31,33)/t25-,26-/m0/s1. The molecule has 0 aliphatic heterocycles. The zero-order chi connectivity index (χ0) is 26.7. The number of aliphatic hydroxyl groups excluding tert-OH is 1. The molecule has 2 atom stereocenters. The van der Waals surface area contributed by atoms with Gasteiger partial charge < -0.3 is 15.7 Å².